The zero-order valence-corrected chi connectivity index (χ0v) is 23.1. The molecule has 1 unspecified atom stereocenters. The normalized spacial score (nSPS) is 24.7. The Labute approximate surface area is 254 Å². The van der Waals surface area contributed by atoms with Gasteiger partial charge in [-0.3, -0.25) is 18.7 Å². The first-order valence-corrected chi connectivity index (χ1v) is 13.2. The number of aromatic nitrogens is 2. The Morgan fingerprint density at radius 2 is 1.97 bits per heavy atom. The molecule has 13 nitrogen and oxygen atoms in total. The molecule has 3 N–H and O–H groups in total. The van der Waals surface area contributed by atoms with Crippen molar-refractivity contribution in [3.05, 3.63) is 53.1 Å². The first-order valence-electron chi connectivity index (χ1n) is 11.7. The number of aliphatic hydroxyl groups excluding tert-OH is 1. The van der Waals surface area contributed by atoms with E-state index in [9.17, 15) is 24.1 Å². The van der Waals surface area contributed by atoms with Gasteiger partial charge in [0.2, 0.25) is 6.41 Å². The summed E-state index contributed by atoms with van der Waals surface area (Å²) in [5.74, 6) is -0.626. The fourth-order valence-corrected chi connectivity index (χ4v) is 5.09. The number of anilines is 1. The quantitative estimate of drug-likeness (QED) is 0.186. The Bertz CT molecular complexity index is 1230. The van der Waals surface area contributed by atoms with Crippen LogP contribution in [0.5, 0.6) is 5.75 Å². The number of benzene rings is 1. The van der Waals surface area contributed by atoms with Gasteiger partial charge >= 0.3 is 19.4 Å². The number of hydrogen-bond acceptors (Lipinski definition) is 10. The number of hydrogen-bond donors (Lipinski definition) is 3. The molecule has 2 heterocycles. The molecule has 6 atom stereocenters. The molecule has 16 heteroatoms. The van der Waals surface area contributed by atoms with Crippen molar-refractivity contribution in [3.8, 4) is 5.75 Å². The van der Waals surface area contributed by atoms with Crippen molar-refractivity contribution in [2.75, 3.05) is 11.9 Å². The number of amides is 1. The number of carbonyl (C=O) groups excluding carboxylic acids is 2. The van der Waals surface area contributed by atoms with Crippen molar-refractivity contribution < 1.29 is 79.9 Å². The molecule has 0 spiro atoms. The minimum absolute atomic E-state index is 0. The van der Waals surface area contributed by atoms with E-state index in [4.69, 9.17) is 18.5 Å². The van der Waals surface area contributed by atoms with Crippen molar-refractivity contribution in [1.29, 1.82) is 0 Å². The van der Waals surface area contributed by atoms with Gasteiger partial charge in [-0.2, -0.15) is 10.1 Å². The summed E-state index contributed by atoms with van der Waals surface area (Å²) in [7, 11) is -4.32. The zero-order valence-electron chi connectivity index (χ0n) is 21.5. The van der Waals surface area contributed by atoms with Gasteiger partial charge in [0.05, 0.1) is 12.7 Å². The van der Waals surface area contributed by atoms with Gasteiger partial charge in [-0.15, -0.1) is 0 Å². The van der Waals surface area contributed by atoms with E-state index >= 15 is 4.39 Å². The minimum atomic E-state index is -4.32. The molecule has 1 saturated heterocycles. The molecule has 1 aromatic carbocycles. The van der Waals surface area contributed by atoms with E-state index in [2.05, 4.69) is 15.4 Å². The molecule has 0 bridgehead atoms. The summed E-state index contributed by atoms with van der Waals surface area (Å²) in [6.45, 7) is 5.07. The number of nitrogens with one attached hydrogen (secondary N) is 2. The maximum absolute atomic E-state index is 15.6. The Hall–Kier alpha value is -1.90. The summed E-state index contributed by atoms with van der Waals surface area (Å²) >= 11 is 0. The number of carbonyl (C=O) groups is 2. The Balaban J connectivity index is 0.00000533. The van der Waals surface area contributed by atoms with Crippen LogP contribution < -0.4 is 20.6 Å². The number of esters is 1. The summed E-state index contributed by atoms with van der Waals surface area (Å²) in [6.07, 6.45) is -3.81. The van der Waals surface area contributed by atoms with Gasteiger partial charge in [-0.1, -0.05) is 18.2 Å². The maximum atomic E-state index is 15.6. The third-order valence-electron chi connectivity index (χ3n) is 5.44. The van der Waals surface area contributed by atoms with Gasteiger partial charge in [0.25, 0.3) is 0 Å². The smallest absolute Gasteiger partial charge is 0.459 e. The topological polar surface area (TPSA) is 167 Å². The Morgan fingerprint density at radius 1 is 1.31 bits per heavy atom. The van der Waals surface area contributed by atoms with Crippen LogP contribution in [0.25, 0.3) is 0 Å². The Kier molecular flexibility index (Phi) is 12.1. The van der Waals surface area contributed by atoms with E-state index in [1.807, 2.05) is 0 Å². The standard InChI is InChI=1S/C23H30FN4O9P.Ar/c1-14(2)35-20(31)15(3)27-38(33,37-16-8-6-5-7-9-16)34-12-17-19(30)23(4,24)21(36-17)28-11-10-18(25-13-29)26-22(28)32;/h5-11,13-15,17,19,21,30H,12H2,1-4H3,(H,27,33)(H,25,26,29,32);/t15-,17+,19+,21+,23+,38?;/m0./s1. The van der Waals surface area contributed by atoms with E-state index in [-0.39, 0.29) is 49.3 Å². The van der Waals surface area contributed by atoms with Gasteiger partial charge in [0.1, 0.15) is 29.8 Å². The molecule has 1 fully saturated rings. The second-order valence-corrected chi connectivity index (χ2v) is 10.6. The van der Waals surface area contributed by atoms with Crippen molar-refractivity contribution in [2.24, 2.45) is 0 Å². The molecular formula is C23H30ArFN4O9P. The summed E-state index contributed by atoms with van der Waals surface area (Å²) in [4.78, 5) is 38.9. The summed E-state index contributed by atoms with van der Waals surface area (Å²) in [5, 5.41) is 15.3. The average molecular weight is 596 g/mol. The van der Waals surface area contributed by atoms with Gasteiger partial charge in [0, 0.05) is 43.9 Å². The first kappa shape index (κ1) is 33.3. The van der Waals surface area contributed by atoms with Crippen LogP contribution in [-0.2, 0) is 28.2 Å². The largest absolute Gasteiger partial charge is 0.462 e. The third kappa shape index (κ3) is 8.54. The fraction of sp³-hybridized carbons (Fsp3) is 0.478. The number of halogens is 1. The van der Waals surface area contributed by atoms with Gasteiger partial charge in [-0.25, -0.2) is 13.8 Å². The molecule has 0 aliphatic carbocycles. The van der Waals surface area contributed by atoms with Gasteiger partial charge < -0.3 is 24.4 Å². The molecule has 1 aliphatic rings. The zero-order chi connectivity index (χ0) is 28.1. The van der Waals surface area contributed by atoms with Crippen LogP contribution in [0, 0.1) is 37.7 Å². The first-order chi connectivity index (χ1) is 17.9. The number of para-hydroxylation sites is 1. The van der Waals surface area contributed by atoms with E-state index in [1.54, 1.807) is 32.0 Å². The predicted octanol–water partition coefficient (Wildman–Crippen LogP) is 1.93. The van der Waals surface area contributed by atoms with Crippen molar-refractivity contribution in [3.63, 3.8) is 0 Å². The van der Waals surface area contributed by atoms with E-state index < -0.39 is 62.3 Å². The van der Waals surface area contributed by atoms with Crippen LogP contribution in [0.3, 0.4) is 0 Å². The minimum Gasteiger partial charge on any atom is -0.462 e. The monoisotopic (exact) mass is 596 g/mol. The van der Waals surface area contributed by atoms with Crippen LogP contribution in [0.4, 0.5) is 10.2 Å². The maximum Gasteiger partial charge on any atom is 0.459 e. The predicted molar refractivity (Wildman–Crippen MR) is 132 cm³/mol. The second kappa shape index (κ2) is 14.1. The summed E-state index contributed by atoms with van der Waals surface area (Å²) < 4.78 is 51.7. The molecule has 0 radical (unpaired) electrons. The van der Waals surface area contributed by atoms with E-state index in [1.165, 1.54) is 25.1 Å². The molecule has 1 amide bonds. The van der Waals surface area contributed by atoms with Crippen LogP contribution in [0.1, 0.15) is 33.9 Å². The summed E-state index contributed by atoms with van der Waals surface area (Å²) in [6, 6.07) is 8.09. The molecule has 3 rings (SSSR count). The third-order valence-corrected chi connectivity index (χ3v) is 7.08. The van der Waals surface area contributed by atoms with Crippen molar-refractivity contribution >= 4 is 25.9 Å². The molecule has 1 aromatic heterocycles. The summed E-state index contributed by atoms with van der Waals surface area (Å²) in [5.41, 5.74) is -3.44. The molecule has 0 saturated carbocycles. The second-order valence-electron chi connectivity index (χ2n) is 8.92. The number of ether oxygens (including phenoxy) is 2. The number of rotatable bonds is 12. The fourth-order valence-electron chi connectivity index (χ4n) is 3.59. The molecule has 2 aromatic rings. The van der Waals surface area contributed by atoms with Gasteiger partial charge in [-0.05, 0) is 45.9 Å². The molecular weight excluding hydrogens is 566 g/mol. The average Bonchev–Trinajstić information content (AvgIpc) is 3.06. The number of alkyl halides is 1. The van der Waals surface area contributed by atoms with Gasteiger partial charge in [0.15, 0.2) is 11.9 Å². The van der Waals surface area contributed by atoms with E-state index in [0.717, 1.165) is 17.7 Å². The molecule has 216 valence electrons. The molecule has 39 heavy (non-hydrogen) atoms. The Morgan fingerprint density at radius 3 is 2.56 bits per heavy atom. The van der Waals surface area contributed by atoms with E-state index in [0.29, 0.717) is 6.41 Å². The van der Waals surface area contributed by atoms with Crippen LogP contribution in [0.15, 0.2) is 47.4 Å². The van der Waals surface area contributed by atoms with Crippen LogP contribution in [0.2, 0.25) is 0 Å². The van der Waals surface area contributed by atoms with Crippen LogP contribution in [-0.4, -0.2) is 63.7 Å². The van der Waals surface area contributed by atoms with Crippen LogP contribution >= 0.6 is 7.75 Å². The number of aliphatic hydroxyl groups is 1. The number of nitrogens with zero attached hydrogens (tertiary/aromatic N) is 2. The van der Waals surface area contributed by atoms with Crippen molar-refractivity contribution in [1.82, 2.24) is 14.6 Å². The molecule has 1 aliphatic heterocycles. The van der Waals surface area contributed by atoms with Crippen molar-refractivity contribution in [2.45, 2.75) is 63.9 Å². The SMILES string of the molecule is CC(C)OC(=O)[C@H](C)NP(=O)(OC[C@H]1O[C@@H](n2ccc(NC=O)nc2=O)[C@](C)(F)[C@@H]1O)Oc1ccccc1.[Ar].